The number of carbonyl (C=O) groups is 1. The fraction of sp³-hybridized carbons (Fsp3) is 0.357. The molecule has 24 heavy (non-hydrogen) atoms. The zero-order valence-electron chi connectivity index (χ0n) is 12.8. The average molecular weight is 391 g/mol. The first-order valence-electron chi connectivity index (χ1n) is 7.11. The monoisotopic (exact) mass is 390 g/mol. The van der Waals surface area contributed by atoms with Crippen molar-refractivity contribution in [3.8, 4) is 0 Å². The van der Waals surface area contributed by atoms with Crippen LogP contribution in [0, 0.1) is 0 Å². The van der Waals surface area contributed by atoms with Gasteiger partial charge in [0.25, 0.3) is 5.76 Å². The third kappa shape index (κ3) is 6.62. The Kier molecular flexibility index (Phi) is 7.73. The summed E-state index contributed by atoms with van der Waals surface area (Å²) >= 11 is 3.18. The highest BCUT2D eigenvalue weighted by Crippen LogP contribution is 2.27. The van der Waals surface area contributed by atoms with Crippen molar-refractivity contribution in [2.45, 2.75) is 28.3 Å². The SMILES string of the molecule is CCCNc1nnc(SCC(=O)Nc2ccc(SC(F)F)cc2)s1. The normalized spacial score (nSPS) is 10.8. The molecule has 130 valence electrons. The van der Waals surface area contributed by atoms with E-state index in [0.717, 1.165) is 18.1 Å². The Morgan fingerprint density at radius 1 is 1.29 bits per heavy atom. The van der Waals surface area contributed by atoms with E-state index in [4.69, 9.17) is 0 Å². The molecule has 0 unspecified atom stereocenters. The molecular formula is C14H16F2N4OS3. The number of amides is 1. The summed E-state index contributed by atoms with van der Waals surface area (Å²) in [5, 5.41) is 14.6. The lowest BCUT2D eigenvalue weighted by Gasteiger charge is -2.05. The summed E-state index contributed by atoms with van der Waals surface area (Å²) < 4.78 is 25.2. The van der Waals surface area contributed by atoms with Gasteiger partial charge in [-0.2, -0.15) is 8.78 Å². The van der Waals surface area contributed by atoms with Crippen LogP contribution in [0.2, 0.25) is 0 Å². The van der Waals surface area contributed by atoms with Crippen LogP contribution in [0.3, 0.4) is 0 Å². The molecule has 0 aliphatic carbocycles. The van der Waals surface area contributed by atoms with Gasteiger partial charge < -0.3 is 10.6 Å². The van der Waals surface area contributed by atoms with Crippen LogP contribution in [0.1, 0.15) is 13.3 Å². The zero-order chi connectivity index (χ0) is 17.4. The Morgan fingerprint density at radius 3 is 2.71 bits per heavy atom. The molecule has 0 atom stereocenters. The number of benzene rings is 1. The molecular weight excluding hydrogens is 374 g/mol. The molecule has 0 bridgehead atoms. The van der Waals surface area contributed by atoms with E-state index in [0.29, 0.717) is 26.7 Å². The van der Waals surface area contributed by atoms with E-state index >= 15 is 0 Å². The Balaban J connectivity index is 1.77. The van der Waals surface area contributed by atoms with E-state index in [1.165, 1.54) is 23.1 Å². The molecule has 0 aliphatic heterocycles. The van der Waals surface area contributed by atoms with Crippen molar-refractivity contribution in [3.05, 3.63) is 24.3 Å². The van der Waals surface area contributed by atoms with Crippen LogP contribution in [0.4, 0.5) is 19.6 Å². The average Bonchev–Trinajstić information content (AvgIpc) is 3.00. The highest BCUT2D eigenvalue weighted by molar-refractivity contribution is 8.01. The second-order valence-electron chi connectivity index (χ2n) is 4.54. The molecule has 10 heteroatoms. The number of halogens is 2. The van der Waals surface area contributed by atoms with Crippen molar-refractivity contribution >= 4 is 51.6 Å². The van der Waals surface area contributed by atoms with Gasteiger partial charge in [-0.1, -0.05) is 41.8 Å². The lowest BCUT2D eigenvalue weighted by Crippen LogP contribution is -2.13. The summed E-state index contributed by atoms with van der Waals surface area (Å²) in [7, 11) is 0. The third-order valence-corrected chi connectivity index (χ3v) is 5.36. The van der Waals surface area contributed by atoms with Crippen molar-refractivity contribution in [3.63, 3.8) is 0 Å². The maximum absolute atomic E-state index is 12.2. The lowest BCUT2D eigenvalue weighted by molar-refractivity contribution is -0.113. The minimum Gasteiger partial charge on any atom is -0.360 e. The van der Waals surface area contributed by atoms with Crippen molar-refractivity contribution in [1.29, 1.82) is 0 Å². The van der Waals surface area contributed by atoms with Gasteiger partial charge in [-0.05, 0) is 30.7 Å². The summed E-state index contributed by atoms with van der Waals surface area (Å²) in [6.45, 7) is 2.90. The summed E-state index contributed by atoms with van der Waals surface area (Å²) in [6, 6.07) is 6.31. The Hall–Kier alpha value is -1.39. The van der Waals surface area contributed by atoms with Crippen molar-refractivity contribution in [2.75, 3.05) is 22.9 Å². The molecule has 1 amide bonds. The molecule has 0 aliphatic rings. The summed E-state index contributed by atoms with van der Waals surface area (Å²) in [6.07, 6.45) is 0.999. The van der Waals surface area contributed by atoms with Gasteiger partial charge >= 0.3 is 0 Å². The highest BCUT2D eigenvalue weighted by Gasteiger charge is 2.09. The number of hydrogen-bond donors (Lipinski definition) is 2. The predicted octanol–water partition coefficient (Wildman–Crippen LogP) is 4.41. The van der Waals surface area contributed by atoms with Crippen LogP contribution in [-0.4, -0.2) is 34.2 Å². The van der Waals surface area contributed by atoms with Crippen LogP contribution in [0.25, 0.3) is 0 Å². The Bertz CT molecular complexity index is 652. The molecule has 2 rings (SSSR count). The van der Waals surface area contributed by atoms with Gasteiger partial charge in [0.05, 0.1) is 5.75 Å². The van der Waals surface area contributed by atoms with Gasteiger partial charge in [0.15, 0.2) is 4.34 Å². The molecule has 0 saturated heterocycles. The van der Waals surface area contributed by atoms with Gasteiger partial charge in [0, 0.05) is 17.1 Å². The number of nitrogens with zero attached hydrogens (tertiary/aromatic N) is 2. The minimum absolute atomic E-state index is 0.187. The van der Waals surface area contributed by atoms with Crippen molar-refractivity contribution in [1.82, 2.24) is 10.2 Å². The van der Waals surface area contributed by atoms with E-state index in [9.17, 15) is 13.6 Å². The number of aromatic nitrogens is 2. The van der Waals surface area contributed by atoms with E-state index in [-0.39, 0.29) is 11.7 Å². The quantitative estimate of drug-likeness (QED) is 0.619. The molecule has 5 nitrogen and oxygen atoms in total. The number of thioether (sulfide) groups is 2. The van der Waals surface area contributed by atoms with Crippen LogP contribution < -0.4 is 10.6 Å². The fourth-order valence-electron chi connectivity index (χ4n) is 1.62. The molecule has 1 aromatic heterocycles. The van der Waals surface area contributed by atoms with Gasteiger partial charge in [-0.15, -0.1) is 10.2 Å². The molecule has 1 heterocycles. The van der Waals surface area contributed by atoms with Crippen LogP contribution in [0.5, 0.6) is 0 Å². The summed E-state index contributed by atoms with van der Waals surface area (Å²) in [4.78, 5) is 12.4. The molecule has 0 saturated carbocycles. The number of alkyl halides is 2. The van der Waals surface area contributed by atoms with Gasteiger partial charge in [0.1, 0.15) is 0 Å². The first kappa shape index (κ1) is 18.9. The second kappa shape index (κ2) is 9.80. The van der Waals surface area contributed by atoms with Gasteiger partial charge in [0.2, 0.25) is 11.0 Å². The van der Waals surface area contributed by atoms with E-state index in [1.54, 1.807) is 24.3 Å². The van der Waals surface area contributed by atoms with E-state index in [1.807, 2.05) is 0 Å². The number of anilines is 2. The van der Waals surface area contributed by atoms with Crippen LogP contribution >= 0.6 is 34.9 Å². The van der Waals surface area contributed by atoms with E-state index < -0.39 is 5.76 Å². The van der Waals surface area contributed by atoms with Crippen molar-refractivity contribution in [2.24, 2.45) is 0 Å². The number of nitrogens with one attached hydrogen (secondary N) is 2. The van der Waals surface area contributed by atoms with Gasteiger partial charge in [-0.3, -0.25) is 4.79 Å². The van der Waals surface area contributed by atoms with Gasteiger partial charge in [-0.25, -0.2) is 0 Å². The standard InChI is InChI=1S/C14H16F2N4OS3/c1-2-7-17-13-19-20-14(24-13)22-8-11(21)18-9-3-5-10(6-4-9)23-12(15)16/h3-6,12H,2,7-8H2,1H3,(H,17,19)(H,18,21). The molecule has 0 fully saturated rings. The highest BCUT2D eigenvalue weighted by atomic mass is 32.2. The van der Waals surface area contributed by atoms with Crippen LogP contribution in [-0.2, 0) is 4.79 Å². The maximum Gasteiger partial charge on any atom is 0.288 e. The van der Waals surface area contributed by atoms with Crippen molar-refractivity contribution < 1.29 is 13.6 Å². The first-order valence-corrected chi connectivity index (χ1v) is 9.80. The van der Waals surface area contributed by atoms with E-state index in [2.05, 4.69) is 27.8 Å². The molecule has 0 spiro atoms. The second-order valence-corrected chi connectivity index (χ2v) is 7.80. The topological polar surface area (TPSA) is 66.9 Å². The number of rotatable bonds is 9. The first-order chi connectivity index (χ1) is 11.6. The zero-order valence-corrected chi connectivity index (χ0v) is 15.2. The molecule has 0 radical (unpaired) electrons. The minimum atomic E-state index is -2.45. The summed E-state index contributed by atoms with van der Waals surface area (Å²) in [5.74, 6) is -2.44. The smallest absolute Gasteiger partial charge is 0.288 e. The largest absolute Gasteiger partial charge is 0.360 e. The fourth-order valence-corrected chi connectivity index (χ4v) is 3.69. The lowest BCUT2D eigenvalue weighted by atomic mass is 10.3. The molecule has 2 aromatic rings. The third-order valence-electron chi connectivity index (χ3n) is 2.62. The molecule has 1 aromatic carbocycles. The van der Waals surface area contributed by atoms with Crippen LogP contribution in [0.15, 0.2) is 33.5 Å². The number of hydrogen-bond acceptors (Lipinski definition) is 7. The summed E-state index contributed by atoms with van der Waals surface area (Å²) in [5.41, 5.74) is 0.571. The predicted molar refractivity (Wildman–Crippen MR) is 96.3 cm³/mol. The Labute approximate surface area is 151 Å². The number of carbonyl (C=O) groups excluding carboxylic acids is 1. The maximum atomic E-state index is 12.2. The Morgan fingerprint density at radius 2 is 2.04 bits per heavy atom. The molecule has 2 N–H and O–H groups in total.